The number of benzene rings is 1. The van der Waals surface area contributed by atoms with Crippen molar-refractivity contribution in [3.05, 3.63) is 47.2 Å². The number of hydrogen-bond donors (Lipinski definition) is 2. The summed E-state index contributed by atoms with van der Waals surface area (Å²) >= 11 is 6.18. The number of aliphatic imine (C=N–C) groups is 1. The van der Waals surface area contributed by atoms with Gasteiger partial charge in [-0.05, 0) is 29.8 Å². The molecule has 2 aromatic rings. The van der Waals surface area contributed by atoms with Crippen LogP contribution in [0.2, 0.25) is 5.02 Å². The van der Waals surface area contributed by atoms with Gasteiger partial charge in [0, 0.05) is 39.1 Å². The van der Waals surface area contributed by atoms with Crippen molar-refractivity contribution in [2.75, 3.05) is 20.4 Å². The normalized spacial score (nSPS) is 12.7. The molecule has 0 amide bonds. The molecule has 1 aliphatic heterocycles. The molecule has 6 nitrogen and oxygen atoms in total. The first-order valence-corrected chi connectivity index (χ1v) is 7.77. The molecule has 1 aromatic heterocycles. The van der Waals surface area contributed by atoms with E-state index in [2.05, 4.69) is 20.2 Å². The second-order valence-electron chi connectivity index (χ2n) is 5.08. The van der Waals surface area contributed by atoms with E-state index in [1.54, 1.807) is 7.05 Å². The SMILES string of the molecule is CN=C(NCCn1cccc1)NCc1cc(Cl)c2c(c1)OCO2.I. The van der Waals surface area contributed by atoms with Crippen LogP contribution in [-0.2, 0) is 13.1 Å². The van der Waals surface area contributed by atoms with Gasteiger partial charge in [0.1, 0.15) is 0 Å². The first-order chi connectivity index (χ1) is 11.3. The van der Waals surface area contributed by atoms with Crippen LogP contribution >= 0.6 is 35.6 Å². The molecule has 3 rings (SSSR count). The number of hydrogen-bond acceptors (Lipinski definition) is 3. The van der Waals surface area contributed by atoms with E-state index in [4.69, 9.17) is 21.1 Å². The Labute approximate surface area is 163 Å². The number of guanidine groups is 1. The van der Waals surface area contributed by atoms with Gasteiger partial charge in [-0.25, -0.2) is 0 Å². The molecule has 0 fully saturated rings. The summed E-state index contributed by atoms with van der Waals surface area (Å²) in [7, 11) is 1.75. The molecule has 0 spiro atoms. The topological polar surface area (TPSA) is 59.8 Å². The highest BCUT2D eigenvalue weighted by Gasteiger charge is 2.18. The average Bonchev–Trinajstić information content (AvgIpc) is 3.22. The number of nitrogens with one attached hydrogen (secondary N) is 2. The molecule has 0 saturated carbocycles. The predicted molar refractivity (Wildman–Crippen MR) is 106 cm³/mol. The maximum atomic E-state index is 6.18. The van der Waals surface area contributed by atoms with Crippen LogP contribution in [0.4, 0.5) is 0 Å². The summed E-state index contributed by atoms with van der Waals surface area (Å²) in [6.07, 6.45) is 4.07. The second-order valence-corrected chi connectivity index (χ2v) is 5.49. The van der Waals surface area contributed by atoms with Crippen LogP contribution in [0.15, 0.2) is 41.7 Å². The van der Waals surface area contributed by atoms with Crippen LogP contribution in [0, 0.1) is 0 Å². The standard InChI is InChI=1S/C16H19ClN4O2.HI/c1-18-16(19-4-7-21-5-2-3-6-21)20-10-12-8-13(17)15-14(9-12)22-11-23-15;/h2-3,5-6,8-9H,4,7,10-11H2,1H3,(H2,18,19,20);1H. The van der Waals surface area contributed by atoms with Gasteiger partial charge in [-0.2, -0.15) is 0 Å². The Hall–Kier alpha value is -1.61. The van der Waals surface area contributed by atoms with Crippen LogP contribution < -0.4 is 20.1 Å². The highest BCUT2D eigenvalue weighted by atomic mass is 127. The minimum Gasteiger partial charge on any atom is -0.454 e. The van der Waals surface area contributed by atoms with Gasteiger partial charge in [-0.1, -0.05) is 11.6 Å². The van der Waals surface area contributed by atoms with Gasteiger partial charge in [0.25, 0.3) is 0 Å². The summed E-state index contributed by atoms with van der Waals surface area (Å²) in [6, 6.07) is 7.82. The summed E-state index contributed by atoms with van der Waals surface area (Å²) in [5.41, 5.74) is 1.01. The maximum absolute atomic E-state index is 6.18. The zero-order chi connectivity index (χ0) is 16.1. The largest absolute Gasteiger partial charge is 0.454 e. The van der Waals surface area contributed by atoms with Crippen LogP contribution in [0.5, 0.6) is 11.5 Å². The summed E-state index contributed by atoms with van der Waals surface area (Å²) < 4.78 is 12.8. The third kappa shape index (κ3) is 4.70. The first-order valence-electron chi connectivity index (χ1n) is 7.39. The van der Waals surface area contributed by atoms with E-state index >= 15 is 0 Å². The Balaban J connectivity index is 0.00000208. The van der Waals surface area contributed by atoms with Crippen molar-refractivity contribution >= 4 is 41.5 Å². The molecule has 0 saturated heterocycles. The smallest absolute Gasteiger partial charge is 0.231 e. The average molecular weight is 463 g/mol. The lowest BCUT2D eigenvalue weighted by Crippen LogP contribution is -2.38. The molecule has 2 heterocycles. The fraction of sp³-hybridized carbons (Fsp3) is 0.312. The summed E-state index contributed by atoms with van der Waals surface area (Å²) in [6.45, 7) is 2.48. The molecule has 0 atom stereocenters. The Morgan fingerprint density at radius 3 is 2.79 bits per heavy atom. The minimum absolute atomic E-state index is 0. The lowest BCUT2D eigenvalue weighted by molar-refractivity contribution is 0.174. The van der Waals surface area contributed by atoms with Crippen molar-refractivity contribution < 1.29 is 9.47 Å². The second kappa shape index (κ2) is 9.03. The number of ether oxygens (including phenoxy) is 2. The molecule has 8 heteroatoms. The zero-order valence-electron chi connectivity index (χ0n) is 13.3. The molecule has 0 unspecified atom stereocenters. The molecular weight excluding hydrogens is 443 g/mol. The summed E-state index contributed by atoms with van der Waals surface area (Å²) in [4.78, 5) is 4.21. The van der Waals surface area contributed by atoms with E-state index < -0.39 is 0 Å². The monoisotopic (exact) mass is 462 g/mol. The first kappa shape index (κ1) is 18.7. The van der Waals surface area contributed by atoms with E-state index in [1.165, 1.54) is 0 Å². The third-order valence-corrected chi connectivity index (χ3v) is 3.78. The highest BCUT2D eigenvalue weighted by molar-refractivity contribution is 14.0. The van der Waals surface area contributed by atoms with Gasteiger partial charge in [0.05, 0.1) is 5.02 Å². The van der Waals surface area contributed by atoms with Gasteiger partial charge in [-0.3, -0.25) is 4.99 Å². The molecule has 1 aromatic carbocycles. The highest BCUT2D eigenvalue weighted by Crippen LogP contribution is 2.39. The molecule has 1 aliphatic rings. The Kier molecular flexibility index (Phi) is 7.04. The molecule has 0 bridgehead atoms. The van der Waals surface area contributed by atoms with Crippen molar-refractivity contribution in [1.82, 2.24) is 15.2 Å². The van der Waals surface area contributed by atoms with Gasteiger partial charge in [0.2, 0.25) is 6.79 Å². The van der Waals surface area contributed by atoms with Crippen molar-refractivity contribution in [1.29, 1.82) is 0 Å². The Bertz CT molecular complexity index is 692. The number of halogens is 2. The summed E-state index contributed by atoms with van der Waals surface area (Å²) in [5, 5.41) is 7.10. The molecule has 2 N–H and O–H groups in total. The van der Waals surface area contributed by atoms with E-state index in [0.717, 1.165) is 24.6 Å². The van der Waals surface area contributed by atoms with Crippen molar-refractivity contribution in [3.63, 3.8) is 0 Å². The van der Waals surface area contributed by atoms with Gasteiger partial charge < -0.3 is 24.7 Å². The lowest BCUT2D eigenvalue weighted by atomic mass is 10.2. The minimum atomic E-state index is 0. The Morgan fingerprint density at radius 2 is 2.04 bits per heavy atom. The zero-order valence-corrected chi connectivity index (χ0v) is 16.4. The van der Waals surface area contributed by atoms with E-state index in [0.29, 0.717) is 23.1 Å². The van der Waals surface area contributed by atoms with E-state index in [-0.39, 0.29) is 30.8 Å². The number of nitrogens with zero attached hydrogens (tertiary/aromatic N) is 2. The molecule has 130 valence electrons. The third-order valence-electron chi connectivity index (χ3n) is 3.50. The lowest BCUT2D eigenvalue weighted by Gasteiger charge is -2.13. The molecule has 0 aliphatic carbocycles. The van der Waals surface area contributed by atoms with Crippen LogP contribution in [0.25, 0.3) is 0 Å². The molecular formula is C16H20ClIN4O2. The maximum Gasteiger partial charge on any atom is 0.231 e. The fourth-order valence-electron chi connectivity index (χ4n) is 2.35. The predicted octanol–water partition coefficient (Wildman–Crippen LogP) is 2.85. The van der Waals surface area contributed by atoms with Gasteiger partial charge >= 0.3 is 0 Å². The Morgan fingerprint density at radius 1 is 1.25 bits per heavy atom. The van der Waals surface area contributed by atoms with Crippen LogP contribution in [0.1, 0.15) is 5.56 Å². The van der Waals surface area contributed by atoms with Crippen LogP contribution in [-0.4, -0.2) is 30.9 Å². The van der Waals surface area contributed by atoms with Crippen molar-refractivity contribution in [2.24, 2.45) is 4.99 Å². The summed E-state index contributed by atoms with van der Waals surface area (Å²) in [5.74, 6) is 2.04. The van der Waals surface area contributed by atoms with Crippen LogP contribution in [0.3, 0.4) is 0 Å². The number of aromatic nitrogens is 1. The molecule has 0 radical (unpaired) electrons. The van der Waals surface area contributed by atoms with Crippen molar-refractivity contribution in [3.8, 4) is 11.5 Å². The number of rotatable bonds is 5. The fourth-order valence-corrected chi connectivity index (χ4v) is 2.64. The number of fused-ring (bicyclic) bond motifs is 1. The van der Waals surface area contributed by atoms with Gasteiger partial charge in [0.15, 0.2) is 17.5 Å². The van der Waals surface area contributed by atoms with Gasteiger partial charge in [-0.15, -0.1) is 24.0 Å². The van der Waals surface area contributed by atoms with E-state index in [1.807, 2.05) is 36.7 Å². The molecule has 24 heavy (non-hydrogen) atoms. The van der Waals surface area contributed by atoms with Crippen molar-refractivity contribution in [2.45, 2.75) is 13.1 Å². The quantitative estimate of drug-likeness (QED) is 0.408. The van der Waals surface area contributed by atoms with E-state index in [9.17, 15) is 0 Å².